The van der Waals surface area contributed by atoms with Crippen molar-refractivity contribution in [3.63, 3.8) is 0 Å². The summed E-state index contributed by atoms with van der Waals surface area (Å²) in [7, 11) is 0. The molecule has 0 aliphatic heterocycles. The van der Waals surface area contributed by atoms with Crippen LogP contribution in [0.5, 0.6) is 0 Å². The smallest absolute Gasteiger partial charge is 0.0701 e. The van der Waals surface area contributed by atoms with Gasteiger partial charge in [0, 0.05) is 19.2 Å². The second kappa shape index (κ2) is 5.75. The summed E-state index contributed by atoms with van der Waals surface area (Å²) in [5.74, 6) is 0. The lowest BCUT2D eigenvalue weighted by Gasteiger charge is -2.10. The van der Waals surface area contributed by atoms with Crippen molar-refractivity contribution in [1.82, 2.24) is 5.32 Å². The van der Waals surface area contributed by atoms with E-state index in [2.05, 4.69) is 39.6 Å². The molecule has 0 amide bonds. The molecule has 1 heterocycles. The summed E-state index contributed by atoms with van der Waals surface area (Å²) in [5.41, 5.74) is 1.29. The third kappa shape index (κ3) is 4.22. The van der Waals surface area contributed by atoms with Crippen molar-refractivity contribution in [2.45, 2.75) is 25.9 Å². The van der Waals surface area contributed by atoms with Gasteiger partial charge in [0.25, 0.3) is 0 Å². The van der Waals surface area contributed by atoms with E-state index in [1.807, 2.05) is 0 Å². The Bertz CT molecular complexity index is 252. The van der Waals surface area contributed by atoms with E-state index >= 15 is 0 Å². The second-order valence-electron chi connectivity index (χ2n) is 3.05. The first-order chi connectivity index (χ1) is 6.22. The number of hydrogen-bond acceptors (Lipinski definition) is 3. The second-order valence-corrected chi connectivity index (χ2v) is 5.34. The summed E-state index contributed by atoms with van der Waals surface area (Å²) in [5, 5.41) is 14.2. The van der Waals surface area contributed by atoms with E-state index in [1.54, 1.807) is 11.3 Å². The Kier molecular flexibility index (Phi) is 4.94. The maximum Gasteiger partial charge on any atom is 0.0701 e. The average Bonchev–Trinajstić information content (AvgIpc) is 2.49. The highest BCUT2D eigenvalue weighted by molar-refractivity contribution is 9.11. The normalized spacial score (nSPS) is 13.2. The molecule has 0 aromatic carbocycles. The van der Waals surface area contributed by atoms with E-state index in [-0.39, 0.29) is 6.61 Å². The van der Waals surface area contributed by atoms with E-state index in [0.717, 1.165) is 13.0 Å². The first-order valence-corrected chi connectivity index (χ1v) is 5.97. The monoisotopic (exact) mass is 263 g/mol. The van der Waals surface area contributed by atoms with Crippen LogP contribution in [0.15, 0.2) is 15.2 Å². The summed E-state index contributed by atoms with van der Waals surface area (Å²) in [6.07, 6.45) is 0.811. The topological polar surface area (TPSA) is 32.3 Å². The third-order valence-electron chi connectivity index (χ3n) is 1.84. The first kappa shape index (κ1) is 11.2. The van der Waals surface area contributed by atoms with E-state index in [0.29, 0.717) is 6.04 Å². The van der Waals surface area contributed by atoms with Gasteiger partial charge >= 0.3 is 0 Å². The molecular formula is C9H14BrNOS. The fourth-order valence-corrected chi connectivity index (χ4v) is 2.24. The Morgan fingerprint density at radius 3 is 3.00 bits per heavy atom. The Labute approximate surface area is 91.1 Å². The molecule has 0 fully saturated rings. The van der Waals surface area contributed by atoms with Crippen LogP contribution >= 0.6 is 27.3 Å². The maximum atomic E-state index is 8.69. The molecule has 4 heteroatoms. The van der Waals surface area contributed by atoms with E-state index in [9.17, 15) is 0 Å². The lowest BCUT2D eigenvalue weighted by molar-refractivity contribution is 0.268. The standard InChI is InChI=1S/C9H14BrNOS/c1-7(2-3-12)11-5-8-4-9(10)13-6-8/h4,6-7,11-12H,2-3,5H2,1H3/t7-/m1/s1. The number of rotatable bonds is 5. The summed E-state index contributed by atoms with van der Waals surface area (Å²) < 4.78 is 1.17. The minimum Gasteiger partial charge on any atom is -0.396 e. The minimum absolute atomic E-state index is 0.251. The number of hydrogen-bond donors (Lipinski definition) is 2. The fraction of sp³-hybridized carbons (Fsp3) is 0.556. The lowest BCUT2D eigenvalue weighted by atomic mass is 10.2. The lowest BCUT2D eigenvalue weighted by Crippen LogP contribution is -2.26. The van der Waals surface area contributed by atoms with Crippen molar-refractivity contribution in [2.24, 2.45) is 0 Å². The van der Waals surface area contributed by atoms with Gasteiger partial charge in [0.1, 0.15) is 0 Å². The van der Waals surface area contributed by atoms with Crippen LogP contribution in [-0.2, 0) is 6.54 Å². The molecule has 0 aliphatic rings. The highest BCUT2D eigenvalue weighted by atomic mass is 79.9. The van der Waals surface area contributed by atoms with Crippen molar-refractivity contribution in [2.75, 3.05) is 6.61 Å². The molecule has 0 bridgehead atoms. The van der Waals surface area contributed by atoms with Gasteiger partial charge in [-0.3, -0.25) is 0 Å². The summed E-state index contributed by atoms with van der Waals surface area (Å²) in [4.78, 5) is 0. The van der Waals surface area contributed by atoms with Crippen LogP contribution in [0.2, 0.25) is 0 Å². The van der Waals surface area contributed by atoms with Gasteiger partial charge in [0.2, 0.25) is 0 Å². The van der Waals surface area contributed by atoms with Crippen LogP contribution in [0, 0.1) is 0 Å². The molecule has 0 aliphatic carbocycles. The van der Waals surface area contributed by atoms with Gasteiger partial charge in [-0.25, -0.2) is 0 Å². The number of halogens is 1. The van der Waals surface area contributed by atoms with Gasteiger partial charge in [0.05, 0.1) is 3.79 Å². The van der Waals surface area contributed by atoms with Crippen LogP contribution < -0.4 is 5.32 Å². The molecule has 74 valence electrons. The first-order valence-electron chi connectivity index (χ1n) is 4.29. The number of nitrogens with one attached hydrogen (secondary N) is 1. The molecule has 0 radical (unpaired) electrons. The van der Waals surface area contributed by atoms with Crippen molar-refractivity contribution >= 4 is 27.3 Å². The Balaban J connectivity index is 2.26. The molecule has 2 N–H and O–H groups in total. The fourth-order valence-electron chi connectivity index (χ4n) is 1.03. The Morgan fingerprint density at radius 2 is 2.46 bits per heavy atom. The number of aliphatic hydroxyl groups excluding tert-OH is 1. The zero-order valence-electron chi connectivity index (χ0n) is 7.59. The summed E-state index contributed by atoms with van der Waals surface area (Å²) in [6.45, 7) is 3.21. The van der Waals surface area contributed by atoms with Gasteiger partial charge in [-0.2, -0.15) is 0 Å². The molecular weight excluding hydrogens is 250 g/mol. The summed E-state index contributed by atoms with van der Waals surface area (Å²) in [6, 6.07) is 2.49. The van der Waals surface area contributed by atoms with Crippen LogP contribution in [0.4, 0.5) is 0 Å². The minimum atomic E-state index is 0.251. The van der Waals surface area contributed by atoms with Crippen molar-refractivity contribution in [3.8, 4) is 0 Å². The number of aliphatic hydroxyl groups is 1. The van der Waals surface area contributed by atoms with Crippen LogP contribution in [0.25, 0.3) is 0 Å². The molecule has 1 aromatic rings. The van der Waals surface area contributed by atoms with Gasteiger partial charge < -0.3 is 10.4 Å². The zero-order valence-corrected chi connectivity index (χ0v) is 9.99. The molecule has 0 spiro atoms. The Morgan fingerprint density at radius 1 is 1.69 bits per heavy atom. The van der Waals surface area contributed by atoms with Crippen molar-refractivity contribution in [1.29, 1.82) is 0 Å². The third-order valence-corrected chi connectivity index (χ3v) is 3.39. The van der Waals surface area contributed by atoms with Gasteiger partial charge in [-0.15, -0.1) is 11.3 Å². The van der Waals surface area contributed by atoms with Crippen LogP contribution in [0.1, 0.15) is 18.9 Å². The quantitative estimate of drug-likeness (QED) is 0.855. The van der Waals surface area contributed by atoms with E-state index in [4.69, 9.17) is 5.11 Å². The SMILES string of the molecule is C[C@H](CCO)NCc1csc(Br)c1. The summed E-state index contributed by atoms with van der Waals surface area (Å²) >= 11 is 5.12. The molecule has 2 nitrogen and oxygen atoms in total. The van der Waals surface area contributed by atoms with Gasteiger partial charge in [-0.05, 0) is 46.3 Å². The Hall–Kier alpha value is 0.100. The largest absolute Gasteiger partial charge is 0.396 e. The van der Waals surface area contributed by atoms with Crippen LogP contribution in [-0.4, -0.2) is 17.8 Å². The van der Waals surface area contributed by atoms with E-state index < -0.39 is 0 Å². The molecule has 0 saturated carbocycles. The van der Waals surface area contributed by atoms with Gasteiger partial charge in [0.15, 0.2) is 0 Å². The average molecular weight is 264 g/mol. The van der Waals surface area contributed by atoms with Crippen molar-refractivity contribution < 1.29 is 5.11 Å². The molecule has 1 rings (SSSR count). The highest BCUT2D eigenvalue weighted by Crippen LogP contribution is 2.20. The zero-order chi connectivity index (χ0) is 9.68. The predicted molar refractivity (Wildman–Crippen MR) is 60.0 cm³/mol. The molecule has 1 atom stereocenters. The molecule has 13 heavy (non-hydrogen) atoms. The molecule has 0 saturated heterocycles. The van der Waals surface area contributed by atoms with E-state index in [1.165, 1.54) is 9.35 Å². The molecule has 1 aromatic heterocycles. The molecule has 0 unspecified atom stereocenters. The van der Waals surface area contributed by atoms with Gasteiger partial charge in [-0.1, -0.05) is 0 Å². The maximum absolute atomic E-state index is 8.69. The van der Waals surface area contributed by atoms with Crippen molar-refractivity contribution in [3.05, 3.63) is 20.8 Å². The van der Waals surface area contributed by atoms with Crippen LogP contribution in [0.3, 0.4) is 0 Å². The number of thiophene rings is 1. The predicted octanol–water partition coefficient (Wildman–Crippen LogP) is 2.37. The highest BCUT2D eigenvalue weighted by Gasteiger charge is 2.01.